The number of nitrogens with one attached hydrogen (secondary N) is 2. The zero-order valence-electron chi connectivity index (χ0n) is 12.1. The van der Waals surface area contributed by atoms with Crippen LogP contribution in [-0.2, 0) is 4.79 Å². The summed E-state index contributed by atoms with van der Waals surface area (Å²) in [6, 6.07) is 16.9. The van der Waals surface area contributed by atoms with E-state index in [0.717, 1.165) is 16.9 Å². The molecule has 0 spiro atoms. The van der Waals surface area contributed by atoms with Crippen LogP contribution in [0.1, 0.15) is 0 Å². The first-order valence-electron chi connectivity index (χ1n) is 6.99. The average molecular weight is 344 g/mol. The molecule has 4 nitrogen and oxygen atoms in total. The zero-order valence-corrected chi connectivity index (χ0v) is 13.7. The van der Waals surface area contributed by atoms with E-state index in [-0.39, 0.29) is 5.91 Å². The van der Waals surface area contributed by atoms with Gasteiger partial charge in [0.15, 0.2) is 5.16 Å². The van der Waals surface area contributed by atoms with Gasteiger partial charge in [0.25, 0.3) is 0 Å². The van der Waals surface area contributed by atoms with Crippen molar-refractivity contribution in [2.24, 2.45) is 0 Å². The van der Waals surface area contributed by atoms with Crippen molar-refractivity contribution in [1.29, 1.82) is 0 Å². The number of H-pyrrole nitrogens is 1. The number of rotatable bonds is 5. The van der Waals surface area contributed by atoms with Crippen LogP contribution in [0.15, 0.2) is 66.0 Å². The van der Waals surface area contributed by atoms with Crippen LogP contribution in [0.2, 0.25) is 5.02 Å². The number of carbonyl (C=O) groups excluding carboxylic acids is 1. The monoisotopic (exact) mass is 343 g/mol. The zero-order chi connectivity index (χ0) is 16.1. The van der Waals surface area contributed by atoms with Gasteiger partial charge in [0, 0.05) is 10.7 Å². The van der Waals surface area contributed by atoms with Crippen LogP contribution >= 0.6 is 23.4 Å². The van der Waals surface area contributed by atoms with Crippen molar-refractivity contribution in [3.05, 3.63) is 65.8 Å². The Labute approximate surface area is 143 Å². The molecule has 23 heavy (non-hydrogen) atoms. The smallest absolute Gasteiger partial charge is 0.234 e. The predicted octanol–water partition coefficient (Wildman–Crippen LogP) is 4.46. The standard InChI is InChI=1S/C17H14ClN3OS/c18-13-8-6-12(7-9-13)15-10-19-17(21-15)23-11-16(22)20-14-4-2-1-3-5-14/h1-10H,11H2,(H,19,21)(H,20,22). The van der Waals surface area contributed by atoms with E-state index in [2.05, 4.69) is 15.3 Å². The van der Waals surface area contributed by atoms with E-state index >= 15 is 0 Å². The van der Waals surface area contributed by atoms with Crippen LogP contribution in [0.25, 0.3) is 11.3 Å². The summed E-state index contributed by atoms with van der Waals surface area (Å²) < 4.78 is 0. The van der Waals surface area contributed by atoms with E-state index in [1.165, 1.54) is 11.8 Å². The van der Waals surface area contributed by atoms with Crippen molar-refractivity contribution in [1.82, 2.24) is 9.97 Å². The Morgan fingerprint density at radius 3 is 2.61 bits per heavy atom. The first kappa shape index (κ1) is 15.6. The van der Waals surface area contributed by atoms with Gasteiger partial charge in [0.2, 0.25) is 5.91 Å². The molecule has 0 fully saturated rings. The lowest BCUT2D eigenvalue weighted by Crippen LogP contribution is -2.13. The van der Waals surface area contributed by atoms with Crippen LogP contribution in [0.5, 0.6) is 0 Å². The number of anilines is 1. The van der Waals surface area contributed by atoms with Gasteiger partial charge in [-0.25, -0.2) is 4.98 Å². The molecular weight excluding hydrogens is 330 g/mol. The molecule has 0 bridgehead atoms. The topological polar surface area (TPSA) is 57.8 Å². The highest BCUT2D eigenvalue weighted by Gasteiger charge is 2.07. The van der Waals surface area contributed by atoms with Gasteiger partial charge in [-0.15, -0.1) is 0 Å². The van der Waals surface area contributed by atoms with Crippen molar-refractivity contribution in [3.8, 4) is 11.3 Å². The highest BCUT2D eigenvalue weighted by molar-refractivity contribution is 7.99. The molecule has 1 heterocycles. The minimum atomic E-state index is -0.0642. The third-order valence-corrected chi connectivity index (χ3v) is 4.24. The molecule has 0 saturated carbocycles. The molecule has 3 rings (SSSR count). The molecule has 0 unspecified atom stereocenters. The first-order valence-corrected chi connectivity index (χ1v) is 8.36. The van der Waals surface area contributed by atoms with Crippen LogP contribution in [0.3, 0.4) is 0 Å². The molecule has 0 saturated heterocycles. The summed E-state index contributed by atoms with van der Waals surface area (Å²) >= 11 is 7.24. The number of halogens is 1. The molecule has 0 aliphatic carbocycles. The number of nitrogens with zero attached hydrogens (tertiary/aromatic N) is 1. The lowest BCUT2D eigenvalue weighted by molar-refractivity contribution is -0.113. The van der Waals surface area contributed by atoms with E-state index in [1.54, 1.807) is 6.20 Å². The maximum Gasteiger partial charge on any atom is 0.234 e. The second kappa shape index (κ2) is 7.35. The van der Waals surface area contributed by atoms with Gasteiger partial charge >= 0.3 is 0 Å². The Kier molecular flexibility index (Phi) is 5.00. The Morgan fingerprint density at radius 2 is 1.87 bits per heavy atom. The minimum Gasteiger partial charge on any atom is -0.333 e. The number of thioether (sulfide) groups is 1. The largest absolute Gasteiger partial charge is 0.333 e. The Hall–Kier alpha value is -2.24. The molecule has 1 amide bonds. The molecule has 1 aromatic heterocycles. The van der Waals surface area contributed by atoms with E-state index in [4.69, 9.17) is 11.6 Å². The van der Waals surface area contributed by atoms with Gasteiger partial charge in [0.1, 0.15) is 0 Å². The van der Waals surface area contributed by atoms with Gasteiger partial charge in [-0.1, -0.05) is 53.7 Å². The number of amides is 1. The normalized spacial score (nSPS) is 10.5. The van der Waals surface area contributed by atoms with Gasteiger partial charge in [0.05, 0.1) is 17.6 Å². The maximum absolute atomic E-state index is 11.9. The molecule has 6 heteroatoms. The molecule has 2 N–H and O–H groups in total. The third-order valence-electron chi connectivity index (χ3n) is 3.11. The Balaban J connectivity index is 1.57. The number of aromatic amines is 1. The van der Waals surface area contributed by atoms with E-state index in [0.29, 0.717) is 15.9 Å². The summed E-state index contributed by atoms with van der Waals surface area (Å²) in [5.41, 5.74) is 2.69. The van der Waals surface area contributed by atoms with Crippen molar-refractivity contribution in [2.45, 2.75) is 5.16 Å². The molecule has 116 valence electrons. The van der Waals surface area contributed by atoms with Crippen molar-refractivity contribution < 1.29 is 4.79 Å². The highest BCUT2D eigenvalue weighted by atomic mass is 35.5. The second-order valence-corrected chi connectivity index (χ2v) is 6.21. The first-order chi connectivity index (χ1) is 11.2. The molecular formula is C17H14ClN3OS. The molecule has 0 atom stereocenters. The molecule has 0 aliphatic rings. The van der Waals surface area contributed by atoms with Crippen molar-refractivity contribution >= 4 is 35.0 Å². The van der Waals surface area contributed by atoms with Gasteiger partial charge < -0.3 is 10.3 Å². The van der Waals surface area contributed by atoms with Crippen LogP contribution in [-0.4, -0.2) is 21.6 Å². The summed E-state index contributed by atoms with van der Waals surface area (Å²) in [5, 5.41) is 4.24. The summed E-state index contributed by atoms with van der Waals surface area (Å²) in [6.07, 6.45) is 1.75. The molecule has 2 aromatic carbocycles. The number of carbonyl (C=O) groups is 1. The summed E-state index contributed by atoms with van der Waals surface area (Å²) in [4.78, 5) is 19.4. The Morgan fingerprint density at radius 1 is 1.13 bits per heavy atom. The average Bonchev–Trinajstić information content (AvgIpc) is 3.04. The fourth-order valence-electron chi connectivity index (χ4n) is 2.00. The number of aromatic nitrogens is 2. The highest BCUT2D eigenvalue weighted by Crippen LogP contribution is 2.23. The van der Waals surface area contributed by atoms with Gasteiger partial charge in [-0.3, -0.25) is 4.79 Å². The Bertz CT molecular complexity index is 787. The van der Waals surface area contributed by atoms with Crippen LogP contribution in [0, 0.1) is 0 Å². The summed E-state index contributed by atoms with van der Waals surface area (Å²) in [6.45, 7) is 0. The van der Waals surface area contributed by atoms with E-state index < -0.39 is 0 Å². The maximum atomic E-state index is 11.9. The summed E-state index contributed by atoms with van der Waals surface area (Å²) in [7, 11) is 0. The number of hydrogen-bond donors (Lipinski definition) is 2. The van der Waals surface area contributed by atoms with Gasteiger partial charge in [-0.05, 0) is 29.8 Å². The second-order valence-electron chi connectivity index (χ2n) is 4.81. The van der Waals surface area contributed by atoms with Crippen LogP contribution < -0.4 is 5.32 Å². The fourth-order valence-corrected chi connectivity index (χ4v) is 2.78. The van der Waals surface area contributed by atoms with Crippen molar-refractivity contribution in [3.63, 3.8) is 0 Å². The van der Waals surface area contributed by atoms with Crippen LogP contribution in [0.4, 0.5) is 5.69 Å². The third kappa shape index (κ3) is 4.37. The van der Waals surface area contributed by atoms with E-state index in [1.807, 2.05) is 54.6 Å². The molecule has 0 aliphatic heterocycles. The van der Waals surface area contributed by atoms with E-state index in [9.17, 15) is 4.79 Å². The minimum absolute atomic E-state index is 0.0642. The molecule has 3 aromatic rings. The number of imidazole rings is 1. The van der Waals surface area contributed by atoms with Gasteiger partial charge in [-0.2, -0.15) is 0 Å². The molecule has 0 radical (unpaired) electrons. The number of benzene rings is 2. The lowest BCUT2D eigenvalue weighted by atomic mass is 10.2. The van der Waals surface area contributed by atoms with Crippen molar-refractivity contribution in [2.75, 3.05) is 11.1 Å². The number of para-hydroxylation sites is 1. The number of hydrogen-bond acceptors (Lipinski definition) is 3. The quantitative estimate of drug-likeness (QED) is 0.672. The summed E-state index contributed by atoms with van der Waals surface area (Å²) in [5.74, 6) is 0.230. The SMILES string of the molecule is O=C(CSc1ncc(-c2ccc(Cl)cc2)[nH]1)Nc1ccccc1. The predicted molar refractivity (Wildman–Crippen MR) is 94.8 cm³/mol. The lowest BCUT2D eigenvalue weighted by Gasteiger charge is -2.03. The fraction of sp³-hybridized carbons (Fsp3) is 0.0588.